The predicted molar refractivity (Wildman–Crippen MR) is 140 cm³/mol. The number of nitrogens with one attached hydrogen (secondary N) is 1. The van der Waals surface area contributed by atoms with Crippen LogP contribution in [-0.4, -0.2) is 109 Å². The lowest BCUT2D eigenvalue weighted by Crippen LogP contribution is -2.63. The summed E-state index contributed by atoms with van der Waals surface area (Å²) in [5.41, 5.74) is 1.30. The molecule has 4 rings (SSSR count). The van der Waals surface area contributed by atoms with Crippen LogP contribution in [0.1, 0.15) is 43.6 Å². The lowest BCUT2D eigenvalue weighted by molar-refractivity contribution is 0.0167. The fraction of sp³-hybridized carbons (Fsp3) is 0.826. The number of hydrogen-bond donors (Lipinski definition) is 1. The fourth-order valence-electron chi connectivity index (χ4n) is 5.42. The molecule has 1 aromatic heterocycles. The largest absolute Gasteiger partial charge is 0.361 e. The molecule has 0 atom stereocenters. The summed E-state index contributed by atoms with van der Waals surface area (Å²) in [5.74, 6) is 1.95. The fourth-order valence-corrected chi connectivity index (χ4v) is 5.42. The summed E-state index contributed by atoms with van der Waals surface area (Å²) in [7, 11) is 4.18. The van der Waals surface area contributed by atoms with Crippen LogP contribution in [0.3, 0.4) is 0 Å². The Morgan fingerprint density at radius 3 is 2.34 bits per heavy atom. The minimum absolute atomic E-state index is 0. The second kappa shape index (κ2) is 12.0. The van der Waals surface area contributed by atoms with Crippen LogP contribution in [0.2, 0.25) is 0 Å². The number of aromatic nitrogens is 1. The highest BCUT2D eigenvalue weighted by Gasteiger charge is 2.40. The average Bonchev–Trinajstić information content (AvgIpc) is 3.22. The molecule has 1 N–H and O–H groups in total. The molecule has 0 aliphatic carbocycles. The molecule has 0 amide bonds. The van der Waals surface area contributed by atoms with Crippen molar-refractivity contribution >= 4 is 29.9 Å². The molecular weight excluding hydrogens is 517 g/mol. The van der Waals surface area contributed by atoms with Crippen molar-refractivity contribution in [2.45, 2.75) is 51.1 Å². The summed E-state index contributed by atoms with van der Waals surface area (Å²) in [6.07, 6.45) is 6.58. The van der Waals surface area contributed by atoms with Gasteiger partial charge in [-0.25, -0.2) is 0 Å². The standard InChI is InChI=1S/C23H41N7O.HI/c1-20-17-21(26-31-20)18-28-13-15-29(16-14-28)22(24-2)25-19-23(7-11-27(3)12-8-23)30-9-5-4-6-10-30;/h17H,4-16,18-19H2,1-3H3,(H,24,25);1H. The Hall–Kier alpha value is -0.910. The Morgan fingerprint density at radius 1 is 1.06 bits per heavy atom. The van der Waals surface area contributed by atoms with E-state index in [1.54, 1.807) is 0 Å². The summed E-state index contributed by atoms with van der Waals surface area (Å²) in [6, 6.07) is 2.04. The Labute approximate surface area is 210 Å². The number of likely N-dealkylation sites (tertiary alicyclic amines) is 2. The van der Waals surface area contributed by atoms with E-state index in [9.17, 15) is 0 Å². The number of guanidine groups is 1. The number of halogens is 1. The van der Waals surface area contributed by atoms with Gasteiger partial charge in [0.25, 0.3) is 0 Å². The molecule has 3 aliphatic rings. The zero-order chi connectivity index (χ0) is 21.7. The smallest absolute Gasteiger partial charge is 0.193 e. The molecule has 0 unspecified atom stereocenters. The highest BCUT2D eigenvalue weighted by molar-refractivity contribution is 14.0. The van der Waals surface area contributed by atoms with Gasteiger partial charge in [-0.15, -0.1) is 24.0 Å². The van der Waals surface area contributed by atoms with E-state index in [1.807, 2.05) is 20.0 Å². The van der Waals surface area contributed by atoms with Crippen molar-refractivity contribution in [1.29, 1.82) is 0 Å². The van der Waals surface area contributed by atoms with Crippen LogP contribution in [-0.2, 0) is 6.54 Å². The molecule has 0 radical (unpaired) electrons. The van der Waals surface area contributed by atoms with Gasteiger partial charge in [0.1, 0.15) is 5.76 Å². The van der Waals surface area contributed by atoms with Crippen LogP contribution in [0.4, 0.5) is 0 Å². The summed E-state index contributed by atoms with van der Waals surface area (Å²) in [5, 5.41) is 7.94. The number of piperidine rings is 2. The molecule has 3 saturated heterocycles. The molecule has 182 valence electrons. The Morgan fingerprint density at radius 2 is 1.75 bits per heavy atom. The van der Waals surface area contributed by atoms with Crippen LogP contribution in [0.15, 0.2) is 15.6 Å². The summed E-state index contributed by atoms with van der Waals surface area (Å²) < 4.78 is 5.22. The first-order valence-electron chi connectivity index (χ1n) is 12.1. The van der Waals surface area contributed by atoms with Gasteiger partial charge < -0.3 is 19.6 Å². The zero-order valence-electron chi connectivity index (χ0n) is 20.2. The number of hydrogen-bond acceptors (Lipinski definition) is 6. The molecular formula is C23H42IN7O. The minimum Gasteiger partial charge on any atom is -0.361 e. The summed E-state index contributed by atoms with van der Waals surface area (Å²) in [4.78, 5) is 14.8. The van der Waals surface area contributed by atoms with E-state index in [1.165, 1.54) is 58.3 Å². The second-order valence-corrected chi connectivity index (χ2v) is 9.67. The van der Waals surface area contributed by atoms with E-state index in [0.717, 1.165) is 56.7 Å². The van der Waals surface area contributed by atoms with Crippen LogP contribution in [0, 0.1) is 6.92 Å². The second-order valence-electron chi connectivity index (χ2n) is 9.67. The maximum atomic E-state index is 5.22. The maximum absolute atomic E-state index is 5.22. The Kier molecular flexibility index (Phi) is 9.63. The van der Waals surface area contributed by atoms with Crippen molar-refractivity contribution in [2.75, 3.05) is 73.0 Å². The van der Waals surface area contributed by atoms with Crippen LogP contribution in [0.5, 0.6) is 0 Å². The van der Waals surface area contributed by atoms with Crippen LogP contribution < -0.4 is 5.32 Å². The summed E-state index contributed by atoms with van der Waals surface area (Å²) >= 11 is 0. The molecule has 3 aliphatic heterocycles. The van der Waals surface area contributed by atoms with Gasteiger partial charge >= 0.3 is 0 Å². The summed E-state index contributed by atoms with van der Waals surface area (Å²) in [6.45, 7) is 12.7. The van der Waals surface area contributed by atoms with Gasteiger partial charge in [0.2, 0.25) is 0 Å². The Balaban J connectivity index is 0.00000289. The van der Waals surface area contributed by atoms with Crippen molar-refractivity contribution in [1.82, 2.24) is 30.1 Å². The number of aryl methyl sites for hydroxylation is 1. The van der Waals surface area contributed by atoms with Crippen molar-refractivity contribution in [3.63, 3.8) is 0 Å². The van der Waals surface area contributed by atoms with E-state index in [0.29, 0.717) is 0 Å². The highest BCUT2D eigenvalue weighted by atomic mass is 127. The zero-order valence-corrected chi connectivity index (χ0v) is 22.5. The number of aliphatic imine (C=N–C) groups is 1. The number of rotatable bonds is 5. The minimum atomic E-state index is 0. The van der Waals surface area contributed by atoms with E-state index in [2.05, 4.69) is 42.1 Å². The predicted octanol–water partition coefficient (Wildman–Crippen LogP) is 2.24. The van der Waals surface area contributed by atoms with E-state index in [-0.39, 0.29) is 29.5 Å². The van der Waals surface area contributed by atoms with Crippen LogP contribution >= 0.6 is 24.0 Å². The van der Waals surface area contributed by atoms with E-state index < -0.39 is 0 Å². The first-order chi connectivity index (χ1) is 15.1. The van der Waals surface area contributed by atoms with Gasteiger partial charge in [-0.3, -0.25) is 14.8 Å². The molecule has 0 spiro atoms. The van der Waals surface area contributed by atoms with Crippen molar-refractivity contribution in [3.8, 4) is 0 Å². The van der Waals surface area contributed by atoms with Gasteiger partial charge in [0.15, 0.2) is 5.96 Å². The molecule has 1 aromatic rings. The third-order valence-electron chi connectivity index (χ3n) is 7.47. The first kappa shape index (κ1) is 25.7. The molecule has 8 nitrogen and oxygen atoms in total. The van der Waals surface area contributed by atoms with Gasteiger partial charge in [-0.05, 0) is 65.8 Å². The number of nitrogens with zero attached hydrogens (tertiary/aromatic N) is 6. The third kappa shape index (κ3) is 6.36. The first-order valence-corrected chi connectivity index (χ1v) is 12.1. The van der Waals surface area contributed by atoms with Gasteiger partial charge in [-0.2, -0.15) is 0 Å². The lowest BCUT2D eigenvalue weighted by atomic mass is 9.84. The topological polar surface area (TPSA) is 63.4 Å². The molecule has 32 heavy (non-hydrogen) atoms. The molecule has 3 fully saturated rings. The Bertz CT molecular complexity index is 718. The van der Waals surface area contributed by atoms with Crippen molar-refractivity contribution in [3.05, 3.63) is 17.5 Å². The number of piperazine rings is 1. The molecule has 0 saturated carbocycles. The SMILES string of the molecule is CN=C(NCC1(N2CCCCC2)CCN(C)CC1)N1CCN(Cc2cc(C)on2)CC1.I. The molecule has 4 heterocycles. The average molecular weight is 560 g/mol. The maximum Gasteiger partial charge on any atom is 0.193 e. The van der Waals surface area contributed by atoms with Gasteiger partial charge in [0, 0.05) is 57.9 Å². The van der Waals surface area contributed by atoms with Gasteiger partial charge in [-0.1, -0.05) is 11.6 Å². The van der Waals surface area contributed by atoms with E-state index in [4.69, 9.17) is 4.52 Å². The quantitative estimate of drug-likeness (QED) is 0.338. The molecule has 0 bridgehead atoms. The molecule has 0 aromatic carbocycles. The van der Waals surface area contributed by atoms with Crippen LogP contribution in [0.25, 0.3) is 0 Å². The van der Waals surface area contributed by atoms with E-state index >= 15 is 0 Å². The highest BCUT2D eigenvalue weighted by Crippen LogP contribution is 2.31. The monoisotopic (exact) mass is 559 g/mol. The normalized spacial score (nSPS) is 23.7. The van der Waals surface area contributed by atoms with Crippen molar-refractivity contribution < 1.29 is 4.52 Å². The van der Waals surface area contributed by atoms with Crippen molar-refractivity contribution in [2.24, 2.45) is 4.99 Å². The third-order valence-corrected chi connectivity index (χ3v) is 7.47. The lowest BCUT2D eigenvalue weighted by Gasteiger charge is -2.50. The molecule has 9 heteroatoms. The van der Waals surface area contributed by atoms with Gasteiger partial charge in [0.05, 0.1) is 5.69 Å².